The Morgan fingerprint density at radius 2 is 1.81 bits per heavy atom. The molecular formula is C16H17BrFNO2. The molecule has 2 aromatic rings. The third-order valence-corrected chi connectivity index (χ3v) is 3.51. The third-order valence-electron chi connectivity index (χ3n) is 2.86. The van der Waals surface area contributed by atoms with E-state index < -0.39 is 0 Å². The van der Waals surface area contributed by atoms with E-state index in [2.05, 4.69) is 21.2 Å². The maximum absolute atomic E-state index is 13.4. The number of hydrogen-bond donors (Lipinski definition) is 1. The summed E-state index contributed by atoms with van der Waals surface area (Å²) in [5.74, 6) is 0.811. The van der Waals surface area contributed by atoms with E-state index in [0.717, 1.165) is 18.7 Å². The van der Waals surface area contributed by atoms with Gasteiger partial charge in [0.1, 0.15) is 17.3 Å². The molecule has 0 bridgehead atoms. The molecule has 0 saturated carbocycles. The van der Waals surface area contributed by atoms with E-state index in [9.17, 15) is 4.39 Å². The van der Waals surface area contributed by atoms with E-state index in [1.54, 1.807) is 19.2 Å². The van der Waals surface area contributed by atoms with E-state index in [1.165, 1.54) is 6.07 Å². The molecule has 112 valence electrons. The molecule has 0 aromatic heterocycles. The second-order valence-corrected chi connectivity index (χ2v) is 5.35. The van der Waals surface area contributed by atoms with Gasteiger partial charge in [-0.3, -0.25) is 0 Å². The predicted molar refractivity (Wildman–Crippen MR) is 84.2 cm³/mol. The van der Waals surface area contributed by atoms with Crippen LogP contribution in [-0.4, -0.2) is 20.3 Å². The summed E-state index contributed by atoms with van der Waals surface area (Å²) in [6, 6.07) is 12.4. The van der Waals surface area contributed by atoms with Gasteiger partial charge in [-0.25, -0.2) is 4.39 Å². The molecule has 0 heterocycles. The van der Waals surface area contributed by atoms with Crippen molar-refractivity contribution in [1.82, 2.24) is 5.32 Å². The molecule has 0 fully saturated rings. The fourth-order valence-electron chi connectivity index (χ4n) is 1.76. The summed E-state index contributed by atoms with van der Waals surface area (Å²) >= 11 is 3.11. The van der Waals surface area contributed by atoms with Gasteiger partial charge in [-0.05, 0) is 45.8 Å². The topological polar surface area (TPSA) is 30.5 Å². The second-order valence-electron chi connectivity index (χ2n) is 4.49. The van der Waals surface area contributed by atoms with Crippen LogP contribution in [0.5, 0.6) is 11.5 Å². The van der Waals surface area contributed by atoms with Gasteiger partial charge in [-0.15, -0.1) is 0 Å². The molecule has 0 spiro atoms. The lowest BCUT2D eigenvalue weighted by Crippen LogP contribution is -2.18. The molecule has 0 saturated heterocycles. The smallest absolute Gasteiger partial charge is 0.141 e. The highest BCUT2D eigenvalue weighted by atomic mass is 79.9. The lowest BCUT2D eigenvalue weighted by molar-refractivity contribution is 0.199. The quantitative estimate of drug-likeness (QED) is 0.759. The number of nitrogens with one attached hydrogen (secondary N) is 1. The van der Waals surface area contributed by atoms with Crippen molar-refractivity contribution in [2.24, 2.45) is 0 Å². The molecule has 1 N–H and O–H groups in total. The number of methoxy groups -OCH3 is 1. The van der Waals surface area contributed by atoms with Crippen molar-refractivity contribution in [1.29, 1.82) is 0 Å². The summed E-state index contributed by atoms with van der Waals surface area (Å²) in [7, 11) is 1.68. The van der Waals surface area contributed by atoms with Crippen LogP contribution in [0.3, 0.4) is 0 Å². The highest BCUT2D eigenvalue weighted by Gasteiger charge is 2.03. The van der Waals surface area contributed by atoms with E-state index in [0.29, 0.717) is 22.6 Å². The van der Waals surface area contributed by atoms with Gasteiger partial charge in [0.25, 0.3) is 0 Å². The molecule has 2 rings (SSSR count). The lowest BCUT2D eigenvalue weighted by Gasteiger charge is -2.08. The summed E-state index contributed by atoms with van der Waals surface area (Å²) in [6.45, 7) is 2.28. The van der Waals surface area contributed by atoms with Crippen molar-refractivity contribution in [3.05, 3.63) is 58.3 Å². The Labute approximate surface area is 132 Å². The van der Waals surface area contributed by atoms with Gasteiger partial charge in [-0.2, -0.15) is 0 Å². The Morgan fingerprint density at radius 1 is 1.10 bits per heavy atom. The molecule has 0 aliphatic rings. The number of halogens is 2. The second kappa shape index (κ2) is 8.12. The van der Waals surface area contributed by atoms with Gasteiger partial charge in [0.05, 0.1) is 11.1 Å². The van der Waals surface area contributed by atoms with Gasteiger partial charge in [0.2, 0.25) is 0 Å². The lowest BCUT2D eigenvalue weighted by atomic mass is 10.2. The van der Waals surface area contributed by atoms with Gasteiger partial charge in [0.15, 0.2) is 0 Å². The molecule has 0 unspecified atom stereocenters. The van der Waals surface area contributed by atoms with E-state index >= 15 is 0 Å². The number of ether oxygens (including phenoxy) is 2. The van der Waals surface area contributed by atoms with Crippen LogP contribution in [0.15, 0.2) is 46.9 Å². The average molecular weight is 354 g/mol. The zero-order chi connectivity index (χ0) is 15.1. The maximum atomic E-state index is 13.4. The molecule has 0 aliphatic carbocycles. The first-order valence-corrected chi connectivity index (χ1v) is 7.40. The zero-order valence-electron chi connectivity index (χ0n) is 11.7. The van der Waals surface area contributed by atoms with Gasteiger partial charge < -0.3 is 14.8 Å². The predicted octanol–water partition coefficient (Wildman–Crippen LogP) is 4.12. The molecule has 0 amide bonds. The fraction of sp³-hybridized carbons (Fsp3) is 0.250. The minimum Gasteiger partial charge on any atom is -0.457 e. The minimum atomic E-state index is -0.341. The van der Waals surface area contributed by atoms with E-state index in [-0.39, 0.29) is 5.82 Å². The van der Waals surface area contributed by atoms with Crippen molar-refractivity contribution >= 4 is 15.9 Å². The average Bonchev–Trinajstić information content (AvgIpc) is 2.49. The van der Waals surface area contributed by atoms with Crippen LogP contribution in [0.2, 0.25) is 0 Å². The summed E-state index contributed by atoms with van der Waals surface area (Å²) in [5.41, 5.74) is 1.15. The highest BCUT2D eigenvalue weighted by Crippen LogP contribution is 2.25. The van der Waals surface area contributed by atoms with Crippen molar-refractivity contribution < 1.29 is 13.9 Å². The summed E-state index contributed by atoms with van der Waals surface area (Å²) < 4.78 is 24.4. The Balaban J connectivity index is 1.91. The molecular weight excluding hydrogens is 337 g/mol. The van der Waals surface area contributed by atoms with Crippen LogP contribution in [0.1, 0.15) is 5.56 Å². The number of benzene rings is 2. The normalized spacial score (nSPS) is 10.6. The Hall–Kier alpha value is -1.43. The minimum absolute atomic E-state index is 0.341. The SMILES string of the molecule is COCCNCc1ccc(Oc2ccc(Br)c(F)c2)cc1. The van der Waals surface area contributed by atoms with E-state index in [4.69, 9.17) is 9.47 Å². The fourth-order valence-corrected chi connectivity index (χ4v) is 2.01. The first-order chi connectivity index (χ1) is 10.2. The Kier molecular flexibility index (Phi) is 6.17. The first kappa shape index (κ1) is 15.9. The monoisotopic (exact) mass is 353 g/mol. The van der Waals surface area contributed by atoms with Crippen LogP contribution in [0.4, 0.5) is 4.39 Å². The van der Waals surface area contributed by atoms with Crippen molar-refractivity contribution in [2.75, 3.05) is 20.3 Å². The van der Waals surface area contributed by atoms with Crippen LogP contribution in [0.25, 0.3) is 0 Å². The summed E-state index contributed by atoms with van der Waals surface area (Å²) in [4.78, 5) is 0. The first-order valence-electron chi connectivity index (χ1n) is 6.60. The van der Waals surface area contributed by atoms with E-state index in [1.807, 2.05) is 24.3 Å². The largest absolute Gasteiger partial charge is 0.457 e. The van der Waals surface area contributed by atoms with Crippen LogP contribution < -0.4 is 10.1 Å². The highest BCUT2D eigenvalue weighted by molar-refractivity contribution is 9.10. The summed E-state index contributed by atoms with van der Waals surface area (Å²) in [5, 5.41) is 3.26. The van der Waals surface area contributed by atoms with Crippen molar-refractivity contribution in [3.8, 4) is 11.5 Å². The van der Waals surface area contributed by atoms with Crippen LogP contribution in [-0.2, 0) is 11.3 Å². The molecule has 2 aromatic carbocycles. The standard InChI is InChI=1S/C16H17BrFNO2/c1-20-9-8-19-11-12-2-4-13(5-3-12)21-14-6-7-15(17)16(18)10-14/h2-7,10,19H,8-9,11H2,1H3. The third kappa shape index (κ3) is 5.12. The molecule has 0 radical (unpaired) electrons. The molecule has 0 atom stereocenters. The van der Waals surface area contributed by atoms with Gasteiger partial charge >= 0.3 is 0 Å². The molecule has 5 heteroatoms. The zero-order valence-corrected chi connectivity index (χ0v) is 13.3. The molecule has 21 heavy (non-hydrogen) atoms. The van der Waals surface area contributed by atoms with Crippen LogP contribution in [0, 0.1) is 5.82 Å². The van der Waals surface area contributed by atoms with Crippen LogP contribution >= 0.6 is 15.9 Å². The Morgan fingerprint density at radius 3 is 2.48 bits per heavy atom. The Bertz CT molecular complexity index is 575. The maximum Gasteiger partial charge on any atom is 0.141 e. The molecule has 3 nitrogen and oxygen atoms in total. The number of hydrogen-bond acceptors (Lipinski definition) is 3. The van der Waals surface area contributed by atoms with Crippen molar-refractivity contribution in [3.63, 3.8) is 0 Å². The van der Waals surface area contributed by atoms with Crippen molar-refractivity contribution in [2.45, 2.75) is 6.54 Å². The summed E-state index contributed by atoms with van der Waals surface area (Å²) in [6.07, 6.45) is 0. The van der Waals surface area contributed by atoms with Gasteiger partial charge in [-0.1, -0.05) is 12.1 Å². The van der Waals surface area contributed by atoms with Gasteiger partial charge in [0, 0.05) is 26.3 Å². The number of rotatable bonds is 7. The molecule has 0 aliphatic heterocycles.